The van der Waals surface area contributed by atoms with Crippen molar-refractivity contribution in [2.45, 2.75) is 64.9 Å². The van der Waals surface area contributed by atoms with Gasteiger partial charge in [-0.3, -0.25) is 0 Å². The summed E-state index contributed by atoms with van der Waals surface area (Å²) in [6.07, 6.45) is 11.2. The van der Waals surface area contributed by atoms with Crippen LogP contribution in [0, 0.1) is 23.2 Å². The Morgan fingerprint density at radius 1 is 1.43 bits per heavy atom. The summed E-state index contributed by atoms with van der Waals surface area (Å²) in [4.78, 5) is 0. The number of allylic oxidation sites excluding steroid dienone is 4. The van der Waals surface area contributed by atoms with Crippen LogP contribution in [0.2, 0.25) is 0 Å². The first-order chi connectivity index (χ1) is 10.8. The van der Waals surface area contributed by atoms with E-state index in [1.807, 2.05) is 0 Å². The van der Waals surface area contributed by atoms with Crippen LogP contribution in [0.25, 0.3) is 0 Å². The number of halogens is 2. The summed E-state index contributed by atoms with van der Waals surface area (Å²) in [7, 11) is 0. The van der Waals surface area contributed by atoms with Gasteiger partial charge in [-0.25, -0.2) is 8.78 Å². The molecule has 0 radical (unpaired) electrons. The summed E-state index contributed by atoms with van der Waals surface area (Å²) in [5.41, 5.74) is 2.18. The number of aliphatic hydroxyl groups is 1. The second kappa shape index (κ2) is 5.84. The molecule has 23 heavy (non-hydrogen) atoms. The van der Waals surface area contributed by atoms with Gasteiger partial charge >= 0.3 is 0 Å². The van der Waals surface area contributed by atoms with Gasteiger partial charge in [0.1, 0.15) is 0 Å². The lowest BCUT2D eigenvalue weighted by atomic mass is 9.64. The van der Waals surface area contributed by atoms with Crippen molar-refractivity contribution >= 4 is 0 Å². The van der Waals surface area contributed by atoms with Crippen molar-refractivity contribution in [1.29, 1.82) is 0 Å². The fourth-order valence-corrected chi connectivity index (χ4v) is 4.56. The van der Waals surface area contributed by atoms with Crippen molar-refractivity contribution in [2.24, 2.45) is 23.2 Å². The maximum absolute atomic E-state index is 13.7. The number of fused-ring (bicyclic) bond motifs is 1. The summed E-state index contributed by atoms with van der Waals surface area (Å²) < 4.78 is 27.4. The summed E-state index contributed by atoms with van der Waals surface area (Å²) >= 11 is 0. The lowest BCUT2D eigenvalue weighted by molar-refractivity contribution is -0.0324. The highest BCUT2D eigenvalue weighted by molar-refractivity contribution is 5.39. The highest BCUT2D eigenvalue weighted by Gasteiger charge is 2.53. The van der Waals surface area contributed by atoms with Gasteiger partial charge in [0.15, 0.2) is 0 Å². The Labute approximate surface area is 138 Å². The molecule has 0 aromatic heterocycles. The summed E-state index contributed by atoms with van der Waals surface area (Å²) in [6, 6.07) is 0. The normalized spacial score (nSPS) is 37.7. The zero-order chi connectivity index (χ0) is 16.8. The summed E-state index contributed by atoms with van der Waals surface area (Å²) in [5.74, 6) is -2.64. The van der Waals surface area contributed by atoms with Crippen LogP contribution in [0.4, 0.5) is 8.78 Å². The van der Waals surface area contributed by atoms with E-state index in [0.717, 1.165) is 18.4 Å². The zero-order valence-electron chi connectivity index (χ0n) is 14.4. The SMILES string of the molecule is CCC(F)(F)C1CC1CC(O)C1=CC2(C)C=CCCC2C(C)=C1. The summed E-state index contributed by atoms with van der Waals surface area (Å²) in [5, 5.41) is 10.6. The van der Waals surface area contributed by atoms with E-state index in [2.05, 4.69) is 38.2 Å². The van der Waals surface area contributed by atoms with Crippen LogP contribution in [-0.4, -0.2) is 17.1 Å². The van der Waals surface area contributed by atoms with E-state index >= 15 is 0 Å². The standard InChI is InChI=1S/C20H28F2O/c1-4-20(21,22)17-10-14(17)11-18(23)15-9-13(2)16-7-5-6-8-19(16,3)12-15/h6,8-9,12,14,16-18,23H,4-5,7,10-11H2,1-3H3. The summed E-state index contributed by atoms with van der Waals surface area (Å²) in [6.45, 7) is 5.88. The topological polar surface area (TPSA) is 20.2 Å². The predicted octanol–water partition coefficient (Wildman–Crippen LogP) is 5.28. The molecule has 5 atom stereocenters. The van der Waals surface area contributed by atoms with Gasteiger partial charge in [-0.1, -0.05) is 43.7 Å². The van der Waals surface area contributed by atoms with Crippen LogP contribution in [0.3, 0.4) is 0 Å². The molecular weight excluding hydrogens is 294 g/mol. The quantitative estimate of drug-likeness (QED) is 0.683. The fourth-order valence-electron chi connectivity index (χ4n) is 4.56. The number of hydrogen-bond donors (Lipinski definition) is 1. The molecule has 1 N–H and O–H groups in total. The van der Waals surface area contributed by atoms with Crippen LogP contribution in [0.5, 0.6) is 0 Å². The van der Waals surface area contributed by atoms with Gasteiger partial charge in [0, 0.05) is 17.8 Å². The molecule has 0 bridgehead atoms. The van der Waals surface area contributed by atoms with Crippen molar-refractivity contribution < 1.29 is 13.9 Å². The number of aliphatic hydroxyl groups excluding tert-OH is 1. The Hall–Kier alpha value is -0.960. The van der Waals surface area contributed by atoms with Crippen LogP contribution in [0.1, 0.15) is 52.9 Å². The van der Waals surface area contributed by atoms with Crippen molar-refractivity contribution in [3.8, 4) is 0 Å². The molecule has 0 aliphatic heterocycles. The van der Waals surface area contributed by atoms with Crippen molar-refractivity contribution in [3.63, 3.8) is 0 Å². The van der Waals surface area contributed by atoms with Crippen molar-refractivity contribution in [3.05, 3.63) is 35.5 Å². The highest BCUT2D eigenvalue weighted by Crippen LogP contribution is 2.54. The molecule has 0 amide bonds. The molecule has 3 aliphatic rings. The third-order valence-electron chi connectivity index (χ3n) is 6.12. The van der Waals surface area contributed by atoms with Crippen LogP contribution in [0.15, 0.2) is 35.5 Å². The lowest BCUT2D eigenvalue weighted by Crippen LogP contribution is -2.31. The van der Waals surface area contributed by atoms with Crippen molar-refractivity contribution in [1.82, 2.24) is 0 Å². The third kappa shape index (κ3) is 3.17. The molecule has 3 aliphatic carbocycles. The van der Waals surface area contributed by atoms with Crippen LogP contribution >= 0.6 is 0 Å². The van der Waals surface area contributed by atoms with E-state index in [9.17, 15) is 13.9 Å². The predicted molar refractivity (Wildman–Crippen MR) is 89.3 cm³/mol. The van der Waals surface area contributed by atoms with Crippen LogP contribution < -0.4 is 0 Å². The van der Waals surface area contributed by atoms with E-state index < -0.39 is 17.9 Å². The van der Waals surface area contributed by atoms with E-state index in [1.165, 1.54) is 12.5 Å². The number of rotatable bonds is 5. The average Bonchev–Trinajstić information content (AvgIpc) is 3.26. The van der Waals surface area contributed by atoms with Gasteiger partial charge in [0.2, 0.25) is 0 Å². The van der Waals surface area contributed by atoms with E-state index in [4.69, 9.17) is 0 Å². The largest absolute Gasteiger partial charge is 0.388 e. The molecule has 0 spiro atoms. The average molecular weight is 322 g/mol. The second-order valence-electron chi connectivity index (χ2n) is 7.90. The van der Waals surface area contributed by atoms with Gasteiger partial charge < -0.3 is 5.11 Å². The van der Waals surface area contributed by atoms with Gasteiger partial charge in [0.25, 0.3) is 5.92 Å². The first-order valence-electron chi connectivity index (χ1n) is 8.91. The Kier molecular flexibility index (Phi) is 4.29. The molecule has 3 rings (SSSR count). The smallest absolute Gasteiger partial charge is 0.250 e. The number of alkyl halides is 2. The lowest BCUT2D eigenvalue weighted by Gasteiger charge is -2.40. The second-order valence-corrected chi connectivity index (χ2v) is 7.90. The fraction of sp³-hybridized carbons (Fsp3) is 0.700. The Bertz CT molecular complexity index is 560. The van der Waals surface area contributed by atoms with Gasteiger partial charge in [-0.15, -0.1) is 0 Å². The minimum absolute atomic E-state index is 0.0380. The molecule has 0 aromatic carbocycles. The molecule has 1 nitrogen and oxygen atoms in total. The maximum atomic E-state index is 13.7. The Morgan fingerprint density at radius 3 is 2.87 bits per heavy atom. The van der Waals surface area contributed by atoms with Gasteiger partial charge in [0.05, 0.1) is 6.10 Å². The number of hydrogen-bond acceptors (Lipinski definition) is 1. The monoisotopic (exact) mass is 322 g/mol. The van der Waals surface area contributed by atoms with Gasteiger partial charge in [-0.2, -0.15) is 0 Å². The van der Waals surface area contributed by atoms with Gasteiger partial charge in [-0.05, 0) is 50.0 Å². The molecular formula is C20H28F2O. The minimum atomic E-state index is -2.57. The van der Waals surface area contributed by atoms with Crippen molar-refractivity contribution in [2.75, 3.05) is 0 Å². The zero-order valence-corrected chi connectivity index (χ0v) is 14.4. The maximum Gasteiger partial charge on any atom is 0.250 e. The first-order valence-corrected chi connectivity index (χ1v) is 8.91. The third-order valence-corrected chi connectivity index (χ3v) is 6.12. The van der Waals surface area contributed by atoms with Crippen LogP contribution in [-0.2, 0) is 0 Å². The molecule has 5 unspecified atom stereocenters. The molecule has 0 aromatic rings. The first kappa shape index (κ1) is 16.9. The Balaban J connectivity index is 1.70. The molecule has 0 heterocycles. The van der Waals surface area contributed by atoms with E-state index in [0.29, 0.717) is 18.8 Å². The molecule has 1 fully saturated rings. The van der Waals surface area contributed by atoms with E-state index in [-0.39, 0.29) is 17.8 Å². The molecule has 0 saturated heterocycles. The van der Waals surface area contributed by atoms with E-state index in [1.54, 1.807) is 0 Å². The minimum Gasteiger partial charge on any atom is -0.388 e. The molecule has 3 heteroatoms. The highest BCUT2D eigenvalue weighted by atomic mass is 19.3. The molecule has 1 saturated carbocycles. The molecule has 128 valence electrons. The Morgan fingerprint density at radius 2 is 2.17 bits per heavy atom.